The Morgan fingerprint density at radius 3 is 0.0571 bits per heavy atom. The lowest BCUT2D eigenvalue weighted by Gasteiger charge is -0.345. The second kappa shape index (κ2) is 564. The van der Waals surface area contributed by atoms with Crippen LogP contribution in [0.3, 0.4) is 0 Å². The van der Waals surface area contributed by atoms with Crippen molar-refractivity contribution < 1.29 is 0 Å². The number of rotatable bonds is 0. The minimum absolute atomic E-state index is 0. The van der Waals surface area contributed by atoms with Crippen LogP contribution < -0.4 is 55.4 Å². The molecule has 0 saturated carbocycles. The summed E-state index contributed by atoms with van der Waals surface area (Å²) in [6, 6.07) is 0. The number of hydrogen-bond acceptors (Lipinski definition) is 9. The molecule has 0 unspecified atom stereocenters. The van der Waals surface area contributed by atoms with Gasteiger partial charge in [-0.1, -0.05) is 0 Å². The molecule has 228 valence electrons. The van der Waals surface area contributed by atoms with Crippen molar-refractivity contribution in [3.05, 3.63) is 0 Å². The zero-order valence-electron chi connectivity index (χ0n) is 6.36. The molecule has 35 heteroatoms. The molecule has 0 aliphatic rings. The molecule has 35 heavy (non-hydrogen) atoms. The lowest BCUT2D eigenvalue weighted by Crippen LogP contribution is -0.482. The van der Waals surface area contributed by atoms with Gasteiger partial charge in [-0.2, -0.15) is 0 Å². The summed E-state index contributed by atoms with van der Waals surface area (Å²) in [4.78, 5) is 0. The first kappa shape index (κ1) is 601. The first-order valence-corrected chi connectivity index (χ1v) is 0. The molecule has 0 aromatic heterocycles. The molecule has 0 radical (unpaired) electrons. The van der Waals surface area contributed by atoms with Gasteiger partial charge in [-0.25, -0.2) is 0 Å². The Balaban J connectivity index is 0. The van der Waals surface area contributed by atoms with Gasteiger partial charge in [0.05, 0.1) is 0 Å². The van der Waals surface area contributed by atoms with E-state index in [1.165, 1.54) is 0 Å². The minimum atomic E-state index is 0. The molecule has 0 rings (SSSR count). The molecule has 27 N–H and O–H groups in total. The van der Waals surface area contributed by atoms with Gasteiger partial charge in [0.1, 0.15) is 0 Å². The van der Waals surface area contributed by atoms with Crippen LogP contribution >= 0.6 is 0 Å². The van der Waals surface area contributed by atoms with E-state index in [2.05, 4.69) is 0 Å². The summed E-state index contributed by atoms with van der Waals surface area (Å²) >= 11 is 0. The molecular weight excluding hydrogens is 828 g/mol. The van der Waals surface area contributed by atoms with E-state index in [0.717, 1.165) is 0 Å². The van der Waals surface area contributed by atoms with Crippen molar-refractivity contribution in [3.63, 3.8) is 0 Å². The molecule has 0 aromatic rings. The van der Waals surface area contributed by atoms with E-state index in [1.807, 2.05) is 0 Å². The van der Waals surface area contributed by atoms with Crippen molar-refractivity contribution in [3.8, 4) is 0 Å². The number of hydrogen-bond donors (Lipinski definition) is 9. The molecule has 0 aromatic carbocycles. The van der Waals surface area contributed by atoms with E-state index >= 15 is 0 Å². The first-order valence-electron chi connectivity index (χ1n) is 0. The van der Waals surface area contributed by atoms with E-state index in [1.54, 1.807) is 0 Å². The highest BCUT2D eigenvalue weighted by atomic mass is 27.0. The van der Waals surface area contributed by atoms with Crippen LogP contribution in [0.15, 0.2) is 0 Å². The van der Waals surface area contributed by atoms with Crippen molar-refractivity contribution in [2.45, 2.75) is 0 Å². The smallest absolute Gasteiger partial charge is 0.187 e. The van der Waals surface area contributed by atoms with E-state index in [-0.39, 0.29) is 507 Å². The van der Waals surface area contributed by atoms with Gasteiger partial charge in [-0.3, -0.25) is 0 Å². The zero-order chi connectivity index (χ0) is 0. The Kier molecular flexibility index (Phi) is 9690. The molecule has 9 nitrogen and oxygen atoms in total. The molecule has 0 aliphatic heterocycles. The molecule has 0 amide bonds. The van der Waals surface area contributed by atoms with E-state index in [0.29, 0.717) is 0 Å². The predicted molar refractivity (Wildman–Crippen MR) is 304 cm³/mol. The van der Waals surface area contributed by atoms with Crippen molar-refractivity contribution in [2.24, 2.45) is 0 Å². The van der Waals surface area contributed by atoms with Crippen LogP contribution in [0.4, 0.5) is 0 Å². The Labute approximate surface area is 495 Å². The third-order valence-corrected chi connectivity index (χ3v) is 0. The van der Waals surface area contributed by atoms with E-state index < -0.39 is 0 Å². The molecule has 0 fully saturated rings. The Bertz CT molecular complexity index is 28.8. The largest absolute Gasteiger partial charge is 0.344 e. The molecule has 0 saturated heterocycles. The summed E-state index contributed by atoms with van der Waals surface area (Å²) < 4.78 is 0. The van der Waals surface area contributed by atoms with Gasteiger partial charge in [0.2, 0.25) is 0 Å². The second-order valence-corrected chi connectivity index (χ2v) is 0. The van der Waals surface area contributed by atoms with Crippen LogP contribution in [0, 0.1) is 0 Å². The summed E-state index contributed by atoms with van der Waals surface area (Å²) in [6.45, 7) is 0. The highest BCUT2D eigenvalue weighted by Crippen LogP contribution is -0.354. The lowest BCUT2D eigenvalue weighted by atomic mass is 14.0. The molecular formula is H105Al26N9. The van der Waals surface area contributed by atoms with Crippen molar-refractivity contribution in [2.75, 3.05) is 0 Å². The predicted octanol–water partition coefficient (Wildman–Crippen LogP) is -29.3. The van der Waals surface area contributed by atoms with Crippen molar-refractivity contribution in [1.29, 1.82) is 0 Å². The highest BCUT2D eigenvalue weighted by Gasteiger charge is 0.212. The van der Waals surface area contributed by atoms with Gasteiger partial charge in [0, 0.05) is 0 Å². The monoisotopic (exact) mass is 933 g/mol. The lowest BCUT2D eigenvalue weighted by molar-refractivity contribution is 2.13. The van der Waals surface area contributed by atoms with Crippen molar-refractivity contribution in [1.82, 2.24) is 55.4 Å². The third-order valence-electron chi connectivity index (χ3n) is 0. The fraction of sp³-hybridized carbons (Fsp3) is 0. The summed E-state index contributed by atoms with van der Waals surface area (Å²) in [5, 5.41) is 0. The quantitative estimate of drug-likeness (QED) is 0.104. The summed E-state index contributed by atoms with van der Waals surface area (Å²) in [7, 11) is 0. The minimum Gasteiger partial charge on any atom is -0.344 e. The fourth-order valence-corrected chi connectivity index (χ4v) is 0. The van der Waals surface area contributed by atoms with Crippen LogP contribution in [0.2, 0.25) is 0 Å². The normalized spacial score (nSPS) is 0. The van der Waals surface area contributed by atoms with Crippen LogP contribution in [0.1, 0.15) is 0 Å². The van der Waals surface area contributed by atoms with Gasteiger partial charge >= 0.3 is 0 Å². The third kappa shape index (κ3) is 540. The zero-order valence-corrected chi connectivity index (χ0v) is 6.36. The van der Waals surface area contributed by atoms with Gasteiger partial charge in [-0.05, 0) is 0 Å². The maximum Gasteiger partial charge on any atom is 0.187 e. The van der Waals surface area contributed by atoms with Crippen LogP contribution in [-0.4, -0.2) is 451 Å². The maximum absolute atomic E-state index is 0. The Hall–Kier alpha value is 13.5. The molecule has 0 aliphatic carbocycles. The van der Waals surface area contributed by atoms with E-state index in [9.17, 15) is 0 Å². The topological polar surface area (TPSA) is 315 Å². The fourth-order valence-electron chi connectivity index (χ4n) is 0. The van der Waals surface area contributed by atoms with E-state index in [4.69, 9.17) is 0 Å². The maximum atomic E-state index is 0. The summed E-state index contributed by atoms with van der Waals surface area (Å²) in [6.07, 6.45) is 0. The first-order chi connectivity index (χ1) is 0. The Morgan fingerprint density at radius 1 is 0.0571 bits per heavy atom. The van der Waals surface area contributed by atoms with Crippen LogP contribution in [-0.2, 0) is 0 Å². The SMILES string of the molecule is N.N.N.N.N.N.N.N.N.[AlH3].[AlH3].[AlH3].[AlH3].[AlH3].[AlH3].[AlH3].[AlH3].[AlH3].[AlH3].[AlH3].[AlH3].[AlH3].[AlH3].[AlH3].[AlH3].[AlH3].[AlH3].[AlH3].[AlH3].[AlH3].[AlH3].[AlH3].[AlH3].[AlH3].[AlH3]. The molecule has 0 heterocycles. The highest BCUT2D eigenvalue weighted by molar-refractivity contribution is 5.78. The second-order valence-electron chi connectivity index (χ2n) is 0. The molecule has 0 spiro atoms. The molecule has 0 bridgehead atoms. The van der Waals surface area contributed by atoms with Gasteiger partial charge < -0.3 is 55.4 Å². The molecule has 0 atom stereocenters. The standard InChI is InChI=1S/26Al.9H3N.78H/h;;;;;;;;;;;;;;;;;;;;;;;;;;9*1H3;;;;;;;;;;;;;;;;;;;;;;;;;;;;;;;;;;;;;;;;;;;;;;;;;;;;;;;;;;;;;;;;;;;;;;;;;;;;;;. The Morgan fingerprint density at radius 2 is 0.0571 bits per heavy atom. The summed E-state index contributed by atoms with van der Waals surface area (Å²) in [5.41, 5.74) is 0. The van der Waals surface area contributed by atoms with Gasteiger partial charge in [0.25, 0.3) is 0 Å². The van der Waals surface area contributed by atoms with Crippen LogP contribution in [0.25, 0.3) is 0 Å². The average molecular weight is 933 g/mol. The summed E-state index contributed by atoms with van der Waals surface area (Å²) in [5.74, 6) is 0. The average Bonchev–Trinajstić information content (AvgIpc) is 0. The van der Waals surface area contributed by atoms with Gasteiger partial charge in [0.15, 0.2) is 451 Å². The van der Waals surface area contributed by atoms with Crippen LogP contribution in [0.5, 0.6) is 0 Å². The van der Waals surface area contributed by atoms with Gasteiger partial charge in [-0.15, -0.1) is 0 Å². The van der Waals surface area contributed by atoms with Crippen molar-refractivity contribution >= 4 is 451 Å².